The lowest BCUT2D eigenvalue weighted by molar-refractivity contribution is 1.13. The highest BCUT2D eigenvalue weighted by Gasteiger charge is 2.22. The molecule has 0 N–H and O–H groups in total. The fraction of sp³-hybridized carbons (Fsp3) is 0.0423. The highest BCUT2D eigenvalue weighted by Crippen LogP contribution is 2.43. The minimum Gasteiger partial charge on any atom is -0.311 e. The molecular formula is C71H57N6P. The number of para-hydroxylation sites is 6. The first-order valence-electron chi connectivity index (χ1n) is 26.6. The van der Waals surface area contributed by atoms with Crippen molar-refractivity contribution in [1.82, 2.24) is 9.97 Å². The highest BCUT2D eigenvalue weighted by molar-refractivity contribution is 7.15. The van der Waals surface area contributed by atoms with E-state index in [1.807, 2.05) is 0 Å². The molecule has 0 aliphatic heterocycles. The van der Waals surface area contributed by atoms with Crippen LogP contribution in [0.5, 0.6) is 0 Å². The topological polar surface area (TPSA) is 38.7 Å². The van der Waals surface area contributed by atoms with Crippen LogP contribution in [0.3, 0.4) is 0 Å². The Bertz CT molecular complexity index is 3550. The van der Waals surface area contributed by atoms with Gasteiger partial charge in [0.15, 0.2) is 0 Å². The maximum atomic E-state index is 5.58. The Hall–Kier alpha value is -9.61. The van der Waals surface area contributed by atoms with Gasteiger partial charge in [-0.1, -0.05) is 153 Å². The summed E-state index contributed by atoms with van der Waals surface area (Å²) in [5.74, 6) is 0. The largest absolute Gasteiger partial charge is 0.311 e. The molecule has 1 aromatic heterocycles. The summed E-state index contributed by atoms with van der Waals surface area (Å²) in [6, 6.07) is 103. The first kappa shape index (κ1) is 49.3. The van der Waals surface area contributed by atoms with E-state index in [2.05, 4.69) is 327 Å². The third-order valence-corrected chi connectivity index (χ3v) is 14.6. The minimum atomic E-state index is 0.772. The molecule has 0 saturated heterocycles. The molecule has 1 unspecified atom stereocenters. The average Bonchev–Trinajstić information content (AvgIpc) is 3.62. The van der Waals surface area contributed by atoms with Crippen LogP contribution in [0, 0.1) is 0 Å². The van der Waals surface area contributed by atoms with E-state index in [1.165, 1.54) is 5.56 Å². The zero-order chi connectivity index (χ0) is 52.6. The van der Waals surface area contributed by atoms with E-state index in [0.717, 1.165) is 120 Å². The van der Waals surface area contributed by atoms with Crippen molar-refractivity contribution in [3.05, 3.63) is 302 Å². The van der Waals surface area contributed by atoms with Crippen LogP contribution in [0.15, 0.2) is 291 Å². The summed E-state index contributed by atoms with van der Waals surface area (Å²) in [6.07, 6.45) is 1.62. The van der Waals surface area contributed by atoms with E-state index < -0.39 is 0 Å². The molecular weight excluding hydrogens is 968 g/mol. The normalized spacial score (nSPS) is 11.1. The summed E-state index contributed by atoms with van der Waals surface area (Å²) in [6.45, 7) is 2.19. The summed E-state index contributed by atoms with van der Waals surface area (Å²) in [4.78, 5) is 20.4. The van der Waals surface area contributed by atoms with Gasteiger partial charge < -0.3 is 19.6 Å². The summed E-state index contributed by atoms with van der Waals surface area (Å²) in [5.41, 5.74) is 20.7. The van der Waals surface area contributed by atoms with Gasteiger partial charge in [-0.25, -0.2) is 9.97 Å². The van der Waals surface area contributed by atoms with E-state index in [1.54, 1.807) is 0 Å². The number of fused-ring (bicyclic) bond motifs is 1. The Morgan fingerprint density at radius 1 is 0.256 bits per heavy atom. The van der Waals surface area contributed by atoms with Gasteiger partial charge >= 0.3 is 0 Å². The SMILES string of the molecule is CCc1ccc(CP)c2nc(-c3ccc(N(c4ccccc4)c4ccc(N(c5ccccc5)c5ccccc5)cc4)cc3)c(-c3ccc(N(c4ccccc4)c4ccc(N(c5ccccc5)c5ccccc5)cc4)cc3)nc12. The zero-order valence-electron chi connectivity index (χ0n) is 43.4. The lowest BCUT2D eigenvalue weighted by Crippen LogP contribution is -2.12. The number of hydrogen-bond acceptors (Lipinski definition) is 6. The Balaban J connectivity index is 0.916. The molecule has 78 heavy (non-hydrogen) atoms. The molecule has 1 atom stereocenters. The van der Waals surface area contributed by atoms with Crippen molar-refractivity contribution in [3.8, 4) is 22.5 Å². The standard InChI is InChI=1S/C71H57N6P/c1-2-52-33-34-55(51-78)71-68(52)72-69(53-35-39-62(40-36-53)76(60-29-17-7-18-30-60)66-47-43-64(44-48-66)74(56-21-9-3-10-22-56)57-23-11-4-12-24-57)70(73-71)54-37-41-63(42-38-54)77(61-31-19-8-20-32-61)67-49-45-65(46-50-67)75(58-25-13-5-14-26-58)59-27-15-6-16-28-59/h3-50H,2,51,78H2,1H3. The van der Waals surface area contributed by atoms with E-state index in [-0.39, 0.29) is 0 Å². The fourth-order valence-electron chi connectivity index (χ4n) is 10.4. The summed E-state index contributed by atoms with van der Waals surface area (Å²) in [7, 11) is 2.90. The van der Waals surface area contributed by atoms with Gasteiger partial charge in [0.1, 0.15) is 0 Å². The molecule has 0 aliphatic rings. The smallest absolute Gasteiger partial charge is 0.0973 e. The third-order valence-electron chi connectivity index (χ3n) is 14.2. The molecule has 0 amide bonds. The number of rotatable bonds is 16. The summed E-state index contributed by atoms with van der Waals surface area (Å²) >= 11 is 0. The molecule has 6 nitrogen and oxygen atoms in total. The molecule has 0 aliphatic carbocycles. The molecule has 0 radical (unpaired) electrons. The molecule has 0 bridgehead atoms. The van der Waals surface area contributed by atoms with E-state index >= 15 is 0 Å². The number of anilines is 12. The Morgan fingerprint density at radius 3 is 0.692 bits per heavy atom. The first-order chi connectivity index (χ1) is 38.6. The lowest BCUT2D eigenvalue weighted by atomic mass is 10.0. The molecule has 0 saturated carbocycles. The first-order valence-corrected chi connectivity index (χ1v) is 27.4. The van der Waals surface area contributed by atoms with Crippen LogP contribution in [0.2, 0.25) is 0 Å². The van der Waals surface area contributed by atoms with Crippen LogP contribution >= 0.6 is 9.24 Å². The van der Waals surface area contributed by atoms with Crippen molar-refractivity contribution in [1.29, 1.82) is 0 Å². The lowest BCUT2D eigenvalue weighted by Gasteiger charge is -2.28. The van der Waals surface area contributed by atoms with Crippen LogP contribution in [-0.2, 0) is 12.6 Å². The number of nitrogens with zero attached hydrogens (tertiary/aromatic N) is 6. The summed E-state index contributed by atoms with van der Waals surface area (Å²) < 4.78 is 0. The van der Waals surface area contributed by atoms with Gasteiger partial charge in [-0.05, 0) is 169 Å². The van der Waals surface area contributed by atoms with Crippen LogP contribution < -0.4 is 19.6 Å². The maximum Gasteiger partial charge on any atom is 0.0973 e. The maximum absolute atomic E-state index is 5.58. The van der Waals surface area contributed by atoms with Crippen molar-refractivity contribution < 1.29 is 0 Å². The van der Waals surface area contributed by atoms with Crippen LogP contribution in [-0.4, -0.2) is 9.97 Å². The third kappa shape index (κ3) is 10.1. The number of benzene rings is 11. The second-order valence-corrected chi connectivity index (χ2v) is 19.4. The van der Waals surface area contributed by atoms with Gasteiger partial charge in [-0.3, -0.25) is 0 Å². The Morgan fingerprint density at radius 2 is 0.462 bits per heavy atom. The highest BCUT2D eigenvalue weighted by atomic mass is 31.0. The van der Waals surface area contributed by atoms with Crippen molar-refractivity contribution in [2.45, 2.75) is 19.5 Å². The van der Waals surface area contributed by atoms with Gasteiger partial charge in [-0.2, -0.15) is 0 Å². The molecule has 12 rings (SSSR count). The molecule has 1 heterocycles. The van der Waals surface area contributed by atoms with Crippen LogP contribution in [0.25, 0.3) is 33.5 Å². The molecule has 12 aromatic rings. The number of hydrogen-bond donors (Lipinski definition) is 0. The predicted octanol–water partition coefficient (Wildman–Crippen LogP) is 19.8. The van der Waals surface area contributed by atoms with Crippen molar-refractivity contribution in [3.63, 3.8) is 0 Å². The van der Waals surface area contributed by atoms with Gasteiger partial charge in [0.05, 0.1) is 22.4 Å². The monoisotopic (exact) mass is 1020 g/mol. The zero-order valence-corrected chi connectivity index (χ0v) is 44.5. The Labute approximate surface area is 460 Å². The second-order valence-electron chi connectivity index (χ2n) is 19.0. The molecule has 7 heteroatoms. The van der Waals surface area contributed by atoms with E-state index in [4.69, 9.17) is 9.97 Å². The fourth-order valence-corrected chi connectivity index (χ4v) is 10.7. The molecule has 0 fully saturated rings. The minimum absolute atomic E-state index is 0.772. The van der Waals surface area contributed by atoms with Crippen molar-refractivity contribution in [2.24, 2.45) is 0 Å². The van der Waals surface area contributed by atoms with Crippen molar-refractivity contribution >= 4 is 88.5 Å². The quantitative estimate of drug-likeness (QED) is 0.0898. The second kappa shape index (κ2) is 22.7. The van der Waals surface area contributed by atoms with E-state index in [0.29, 0.717) is 0 Å². The van der Waals surface area contributed by atoms with Crippen LogP contribution in [0.4, 0.5) is 68.2 Å². The Kier molecular flexibility index (Phi) is 14.3. The summed E-state index contributed by atoms with van der Waals surface area (Å²) in [5, 5.41) is 0. The van der Waals surface area contributed by atoms with Crippen LogP contribution in [0.1, 0.15) is 18.1 Å². The molecule has 376 valence electrons. The molecule has 0 spiro atoms. The molecule has 11 aromatic carbocycles. The van der Waals surface area contributed by atoms with Crippen molar-refractivity contribution in [2.75, 3.05) is 19.6 Å². The van der Waals surface area contributed by atoms with Gasteiger partial charge in [0.2, 0.25) is 0 Å². The van der Waals surface area contributed by atoms with Gasteiger partial charge in [0, 0.05) is 79.4 Å². The number of aryl methyl sites for hydroxylation is 1. The predicted molar refractivity (Wildman–Crippen MR) is 332 cm³/mol. The van der Waals surface area contributed by atoms with E-state index in [9.17, 15) is 0 Å². The number of aromatic nitrogens is 2. The van der Waals surface area contributed by atoms with Gasteiger partial charge in [0.25, 0.3) is 0 Å². The van der Waals surface area contributed by atoms with Gasteiger partial charge in [-0.15, -0.1) is 9.24 Å². The average molecular weight is 1030 g/mol.